The zero-order valence-corrected chi connectivity index (χ0v) is 8.36. The van der Waals surface area contributed by atoms with Crippen LogP contribution in [0.2, 0.25) is 0 Å². The number of hydrogen-bond donors (Lipinski definition) is 1. The quantitative estimate of drug-likeness (QED) is 0.651. The third kappa shape index (κ3) is 2.32. The molecule has 1 aromatic rings. The van der Waals surface area contributed by atoms with Crippen molar-refractivity contribution in [2.75, 3.05) is 0 Å². The summed E-state index contributed by atoms with van der Waals surface area (Å²) in [6, 6.07) is 0. The maximum Gasteiger partial charge on any atom is 0.268 e. The van der Waals surface area contributed by atoms with Crippen LogP contribution in [-0.4, -0.2) is 18.5 Å². The van der Waals surface area contributed by atoms with Crippen LogP contribution in [0.5, 0.6) is 5.75 Å². The van der Waals surface area contributed by atoms with Gasteiger partial charge in [-0.1, -0.05) is 0 Å². The molecular formula is C6H3ClF3NO3S. The van der Waals surface area contributed by atoms with Crippen molar-refractivity contribution in [3.8, 4) is 5.75 Å². The van der Waals surface area contributed by atoms with Gasteiger partial charge < -0.3 is 5.11 Å². The van der Waals surface area contributed by atoms with Crippen molar-refractivity contribution in [1.82, 2.24) is 4.98 Å². The predicted octanol–water partition coefficient (Wildman–Crippen LogP) is 1.79. The lowest BCUT2D eigenvalue weighted by Crippen LogP contribution is -2.02. The van der Waals surface area contributed by atoms with Crippen LogP contribution in [0.25, 0.3) is 0 Å². The molecule has 0 spiro atoms. The maximum absolute atomic E-state index is 12.6. The molecule has 84 valence electrons. The largest absolute Gasteiger partial charge is 0.503 e. The second kappa shape index (κ2) is 3.86. The van der Waals surface area contributed by atoms with Gasteiger partial charge in [-0.05, 0) is 0 Å². The van der Waals surface area contributed by atoms with E-state index < -0.39 is 37.6 Å². The Balaban J connectivity index is 3.62. The van der Waals surface area contributed by atoms with Crippen LogP contribution < -0.4 is 0 Å². The van der Waals surface area contributed by atoms with Crippen molar-refractivity contribution in [1.29, 1.82) is 0 Å². The Labute approximate surface area is 86.7 Å². The number of alkyl halides is 2. The second-order valence-corrected chi connectivity index (χ2v) is 4.95. The molecule has 0 saturated carbocycles. The van der Waals surface area contributed by atoms with Gasteiger partial charge in [0.1, 0.15) is 4.90 Å². The van der Waals surface area contributed by atoms with Gasteiger partial charge in [0.25, 0.3) is 21.4 Å². The highest BCUT2D eigenvalue weighted by molar-refractivity contribution is 8.13. The fourth-order valence-electron chi connectivity index (χ4n) is 0.879. The van der Waals surface area contributed by atoms with E-state index in [1.165, 1.54) is 0 Å². The number of rotatable bonds is 2. The Hall–Kier alpha value is -1.02. The van der Waals surface area contributed by atoms with Crippen LogP contribution in [0.3, 0.4) is 0 Å². The number of halogens is 4. The lowest BCUT2D eigenvalue weighted by Gasteiger charge is -2.07. The summed E-state index contributed by atoms with van der Waals surface area (Å²) in [6.07, 6.45) is -3.06. The highest BCUT2D eigenvalue weighted by Gasteiger charge is 2.28. The standard InChI is InChI=1S/C6H3ClF3NO3S/c7-15(13,14)2-1-11-6(10)4(12)3(2)5(8)9/h1,5,12H. The molecule has 0 amide bonds. The van der Waals surface area contributed by atoms with E-state index in [1.54, 1.807) is 0 Å². The Morgan fingerprint density at radius 2 is 2.00 bits per heavy atom. The van der Waals surface area contributed by atoms with E-state index >= 15 is 0 Å². The Morgan fingerprint density at radius 3 is 2.40 bits per heavy atom. The predicted molar refractivity (Wildman–Crippen MR) is 43.9 cm³/mol. The van der Waals surface area contributed by atoms with E-state index in [0.717, 1.165) is 0 Å². The van der Waals surface area contributed by atoms with Gasteiger partial charge in [0, 0.05) is 10.7 Å². The summed E-state index contributed by atoms with van der Waals surface area (Å²) in [5, 5.41) is 8.87. The number of hydrogen-bond acceptors (Lipinski definition) is 4. The van der Waals surface area contributed by atoms with Crippen LogP contribution in [0.15, 0.2) is 11.1 Å². The fourth-order valence-corrected chi connectivity index (χ4v) is 1.87. The molecule has 1 N–H and O–H groups in total. The van der Waals surface area contributed by atoms with Gasteiger partial charge in [-0.3, -0.25) is 0 Å². The Kier molecular flexibility index (Phi) is 3.10. The minimum Gasteiger partial charge on any atom is -0.503 e. The van der Waals surface area contributed by atoms with E-state index in [0.29, 0.717) is 6.20 Å². The van der Waals surface area contributed by atoms with Gasteiger partial charge in [-0.25, -0.2) is 22.2 Å². The summed E-state index contributed by atoms with van der Waals surface area (Å²) in [7, 11) is 0.283. The smallest absolute Gasteiger partial charge is 0.268 e. The molecule has 0 aromatic carbocycles. The third-order valence-electron chi connectivity index (χ3n) is 1.49. The summed E-state index contributed by atoms with van der Waals surface area (Å²) in [5.41, 5.74) is -1.39. The first-order valence-electron chi connectivity index (χ1n) is 3.35. The van der Waals surface area contributed by atoms with Gasteiger partial charge in [0.15, 0.2) is 5.75 Å². The molecule has 1 rings (SSSR count). The van der Waals surface area contributed by atoms with E-state index in [2.05, 4.69) is 4.98 Å². The second-order valence-electron chi connectivity index (χ2n) is 2.41. The minimum absolute atomic E-state index is 0.318. The van der Waals surface area contributed by atoms with Crippen LogP contribution in [0.4, 0.5) is 13.2 Å². The van der Waals surface area contributed by atoms with Gasteiger partial charge >= 0.3 is 0 Å². The summed E-state index contributed by atoms with van der Waals surface area (Å²) in [5.74, 6) is -3.11. The molecule has 4 nitrogen and oxygen atoms in total. The van der Waals surface area contributed by atoms with Gasteiger partial charge in [-0.2, -0.15) is 4.39 Å². The summed E-state index contributed by atoms with van der Waals surface area (Å²) in [6.45, 7) is 0. The molecule has 0 aliphatic rings. The molecule has 0 atom stereocenters. The molecule has 1 heterocycles. The van der Waals surface area contributed by atoms with Crippen molar-refractivity contribution in [3.63, 3.8) is 0 Å². The average molecular weight is 262 g/mol. The lowest BCUT2D eigenvalue weighted by molar-refractivity contribution is 0.142. The first-order valence-corrected chi connectivity index (χ1v) is 5.66. The van der Waals surface area contributed by atoms with E-state index in [9.17, 15) is 21.6 Å². The first-order chi connectivity index (χ1) is 6.75. The molecule has 0 radical (unpaired) electrons. The third-order valence-corrected chi connectivity index (χ3v) is 2.84. The molecule has 0 bridgehead atoms. The van der Waals surface area contributed by atoms with Gasteiger partial charge in [0.05, 0.1) is 11.8 Å². The number of aromatic hydroxyl groups is 1. The average Bonchev–Trinajstić information content (AvgIpc) is 2.06. The number of nitrogens with zero attached hydrogens (tertiary/aromatic N) is 1. The maximum atomic E-state index is 12.6. The monoisotopic (exact) mass is 261 g/mol. The summed E-state index contributed by atoms with van der Waals surface area (Å²) >= 11 is 0. The molecule has 9 heteroatoms. The van der Waals surface area contributed by atoms with E-state index in [1.807, 2.05) is 0 Å². The molecule has 0 aliphatic heterocycles. The molecule has 1 aromatic heterocycles. The van der Waals surface area contributed by atoms with Crippen LogP contribution in [-0.2, 0) is 9.05 Å². The number of pyridine rings is 1. The van der Waals surface area contributed by atoms with Crippen molar-refractivity contribution in [3.05, 3.63) is 17.7 Å². The van der Waals surface area contributed by atoms with Crippen molar-refractivity contribution in [2.45, 2.75) is 11.3 Å². The molecular weight excluding hydrogens is 259 g/mol. The fraction of sp³-hybridized carbons (Fsp3) is 0.167. The molecule has 0 fully saturated rings. The van der Waals surface area contributed by atoms with Crippen LogP contribution in [0.1, 0.15) is 12.0 Å². The molecule has 0 aliphatic carbocycles. The van der Waals surface area contributed by atoms with Crippen molar-refractivity contribution in [2.24, 2.45) is 0 Å². The van der Waals surface area contributed by atoms with Crippen LogP contribution in [0, 0.1) is 5.95 Å². The molecule has 0 unspecified atom stereocenters. The Bertz CT molecular complexity index is 491. The number of aromatic nitrogens is 1. The highest BCUT2D eigenvalue weighted by Crippen LogP contribution is 2.35. The Morgan fingerprint density at radius 1 is 1.47 bits per heavy atom. The van der Waals surface area contributed by atoms with E-state index in [-0.39, 0.29) is 0 Å². The highest BCUT2D eigenvalue weighted by atomic mass is 35.7. The normalized spacial score (nSPS) is 12.1. The van der Waals surface area contributed by atoms with Crippen LogP contribution >= 0.6 is 10.7 Å². The van der Waals surface area contributed by atoms with Crippen molar-refractivity contribution >= 4 is 19.7 Å². The topological polar surface area (TPSA) is 67.3 Å². The first kappa shape index (κ1) is 12.1. The molecule has 0 saturated heterocycles. The minimum atomic E-state index is -4.51. The zero-order valence-electron chi connectivity index (χ0n) is 6.79. The van der Waals surface area contributed by atoms with Gasteiger partial charge in [0.2, 0.25) is 0 Å². The SMILES string of the molecule is O=S(=O)(Cl)c1cnc(F)c(O)c1C(F)F. The van der Waals surface area contributed by atoms with Gasteiger partial charge in [-0.15, -0.1) is 0 Å². The zero-order chi connectivity index (χ0) is 11.8. The lowest BCUT2D eigenvalue weighted by atomic mass is 10.2. The van der Waals surface area contributed by atoms with Crippen molar-refractivity contribution < 1.29 is 26.7 Å². The molecule has 15 heavy (non-hydrogen) atoms. The summed E-state index contributed by atoms with van der Waals surface area (Å²) in [4.78, 5) is 1.66. The summed E-state index contributed by atoms with van der Waals surface area (Å²) < 4.78 is 58.8. The van der Waals surface area contributed by atoms with E-state index in [4.69, 9.17) is 15.8 Å².